The molecule has 0 saturated heterocycles. The summed E-state index contributed by atoms with van der Waals surface area (Å²) in [4.78, 5) is 7.50. The summed E-state index contributed by atoms with van der Waals surface area (Å²) in [6, 6.07) is 6.13. The molecule has 0 bridgehead atoms. The molecular formula is C21H37IN4O2S. The van der Waals surface area contributed by atoms with E-state index < -0.39 is 9.84 Å². The van der Waals surface area contributed by atoms with Crippen molar-refractivity contribution >= 4 is 39.8 Å². The van der Waals surface area contributed by atoms with Gasteiger partial charge in [-0.05, 0) is 50.9 Å². The smallest absolute Gasteiger partial charge is 0.191 e. The molecule has 6 nitrogen and oxygen atoms in total. The topological polar surface area (TPSA) is 73.8 Å². The normalized spacial score (nSPS) is 15.8. The second kappa shape index (κ2) is 12.7. The lowest BCUT2D eigenvalue weighted by atomic mass is 9.94. The van der Waals surface area contributed by atoms with Crippen molar-refractivity contribution in [2.45, 2.75) is 63.4 Å². The molecular weight excluding hydrogens is 499 g/mol. The fraction of sp³-hybridized carbons (Fsp3) is 0.667. The van der Waals surface area contributed by atoms with Crippen molar-refractivity contribution in [1.29, 1.82) is 0 Å². The average molecular weight is 537 g/mol. The Bertz CT molecular complexity index is 762. The molecule has 0 amide bonds. The van der Waals surface area contributed by atoms with E-state index in [0.29, 0.717) is 17.5 Å². The minimum Gasteiger partial charge on any atom is -0.357 e. The Morgan fingerprint density at radius 2 is 1.90 bits per heavy atom. The zero-order valence-electron chi connectivity index (χ0n) is 18.2. The van der Waals surface area contributed by atoms with Crippen LogP contribution in [-0.2, 0) is 16.4 Å². The van der Waals surface area contributed by atoms with Crippen LogP contribution in [0.3, 0.4) is 0 Å². The van der Waals surface area contributed by atoms with E-state index >= 15 is 0 Å². The number of hydrogen-bond donors (Lipinski definition) is 2. The van der Waals surface area contributed by atoms with Gasteiger partial charge in [0.2, 0.25) is 0 Å². The molecule has 1 aromatic rings. The van der Waals surface area contributed by atoms with Gasteiger partial charge in [0.25, 0.3) is 0 Å². The van der Waals surface area contributed by atoms with Crippen LogP contribution in [0.15, 0.2) is 28.1 Å². The van der Waals surface area contributed by atoms with Gasteiger partial charge in [0, 0.05) is 31.9 Å². The molecule has 0 aromatic heterocycles. The van der Waals surface area contributed by atoms with Crippen LogP contribution >= 0.6 is 24.0 Å². The van der Waals surface area contributed by atoms with Gasteiger partial charge >= 0.3 is 0 Å². The molecule has 1 aliphatic rings. The van der Waals surface area contributed by atoms with E-state index in [9.17, 15) is 8.42 Å². The van der Waals surface area contributed by atoms with E-state index in [4.69, 9.17) is 0 Å². The lowest BCUT2D eigenvalue weighted by molar-refractivity contribution is 0.194. The fourth-order valence-corrected chi connectivity index (χ4v) is 4.75. The number of likely N-dealkylation sites (N-methyl/N-ethyl adjacent to an activating group) is 1. The van der Waals surface area contributed by atoms with E-state index in [1.54, 1.807) is 6.07 Å². The molecule has 0 spiro atoms. The molecule has 29 heavy (non-hydrogen) atoms. The van der Waals surface area contributed by atoms with Crippen molar-refractivity contribution < 1.29 is 8.42 Å². The first-order valence-corrected chi connectivity index (χ1v) is 12.2. The first kappa shape index (κ1) is 26.2. The van der Waals surface area contributed by atoms with Crippen LogP contribution in [-0.4, -0.2) is 58.3 Å². The van der Waals surface area contributed by atoms with Crippen LogP contribution in [0.2, 0.25) is 0 Å². The first-order chi connectivity index (χ1) is 13.3. The molecule has 1 saturated carbocycles. The van der Waals surface area contributed by atoms with Crippen LogP contribution < -0.4 is 10.6 Å². The van der Waals surface area contributed by atoms with Gasteiger partial charge in [0.05, 0.1) is 11.4 Å². The average Bonchev–Trinajstić information content (AvgIpc) is 2.65. The molecule has 0 heterocycles. The second-order valence-corrected chi connectivity index (χ2v) is 9.75. The predicted octanol–water partition coefficient (Wildman–Crippen LogP) is 3.34. The summed E-state index contributed by atoms with van der Waals surface area (Å²) in [5.41, 5.74) is 1.77. The summed E-state index contributed by atoms with van der Waals surface area (Å²) in [6.45, 7) is 7.04. The number of nitrogens with zero attached hydrogens (tertiary/aromatic N) is 2. The highest BCUT2D eigenvalue weighted by molar-refractivity contribution is 14.0. The van der Waals surface area contributed by atoms with Crippen LogP contribution in [0.25, 0.3) is 0 Å². The zero-order chi connectivity index (χ0) is 20.6. The number of nitrogens with one attached hydrogen (secondary N) is 2. The number of benzene rings is 1. The van der Waals surface area contributed by atoms with Crippen LogP contribution in [0.5, 0.6) is 0 Å². The summed E-state index contributed by atoms with van der Waals surface area (Å²) in [5, 5.41) is 6.69. The molecule has 0 aliphatic heterocycles. The fourth-order valence-electron chi connectivity index (χ4n) is 3.79. The highest BCUT2D eigenvalue weighted by Gasteiger charge is 2.17. The minimum atomic E-state index is -3.18. The Kier molecular flexibility index (Phi) is 11.5. The lowest BCUT2D eigenvalue weighted by Gasteiger charge is -2.31. The molecule has 2 N–H and O–H groups in total. The zero-order valence-corrected chi connectivity index (χ0v) is 21.3. The maximum absolute atomic E-state index is 11.8. The van der Waals surface area contributed by atoms with Crippen LogP contribution in [0.1, 0.15) is 50.2 Å². The first-order valence-electron chi connectivity index (χ1n) is 10.3. The van der Waals surface area contributed by atoms with Gasteiger partial charge in [-0.1, -0.05) is 31.4 Å². The summed E-state index contributed by atoms with van der Waals surface area (Å²) < 4.78 is 23.5. The Labute approximate surface area is 193 Å². The van der Waals surface area contributed by atoms with Crippen molar-refractivity contribution in [3.8, 4) is 0 Å². The number of guanidine groups is 1. The largest absolute Gasteiger partial charge is 0.357 e. The number of rotatable bonds is 8. The molecule has 1 fully saturated rings. The SMILES string of the molecule is CCNC(=NCc1ccc(S(C)(=O)=O)c(C)c1)NCCN(C)C1CCCCC1.I. The molecule has 2 rings (SSSR count). The molecule has 1 aromatic carbocycles. The van der Waals surface area contributed by atoms with Crippen molar-refractivity contribution in [3.05, 3.63) is 29.3 Å². The van der Waals surface area contributed by atoms with E-state index in [1.807, 2.05) is 19.1 Å². The number of aryl methyl sites for hydroxylation is 1. The highest BCUT2D eigenvalue weighted by Crippen LogP contribution is 2.21. The third-order valence-electron chi connectivity index (χ3n) is 5.36. The second-order valence-electron chi connectivity index (χ2n) is 7.77. The van der Waals surface area contributed by atoms with Crippen molar-refractivity contribution in [1.82, 2.24) is 15.5 Å². The summed E-state index contributed by atoms with van der Waals surface area (Å²) in [5.74, 6) is 0.796. The van der Waals surface area contributed by atoms with Gasteiger partial charge in [-0.25, -0.2) is 13.4 Å². The van der Waals surface area contributed by atoms with Crippen LogP contribution in [0, 0.1) is 6.92 Å². The van der Waals surface area contributed by atoms with Crippen molar-refractivity contribution in [2.75, 3.05) is 32.9 Å². The van der Waals surface area contributed by atoms with Gasteiger partial charge in [0.1, 0.15) is 0 Å². The molecule has 0 unspecified atom stereocenters. The van der Waals surface area contributed by atoms with Gasteiger partial charge in [-0.3, -0.25) is 0 Å². The highest BCUT2D eigenvalue weighted by atomic mass is 127. The van der Waals surface area contributed by atoms with E-state index in [2.05, 4.69) is 34.5 Å². The molecule has 8 heteroatoms. The molecule has 0 radical (unpaired) electrons. The Morgan fingerprint density at radius 1 is 1.21 bits per heavy atom. The maximum Gasteiger partial charge on any atom is 0.191 e. The third kappa shape index (κ3) is 8.80. The number of sulfone groups is 1. The van der Waals surface area contributed by atoms with Gasteiger partial charge in [0.15, 0.2) is 15.8 Å². The quantitative estimate of drug-likeness (QED) is 0.303. The molecule has 166 valence electrons. The Morgan fingerprint density at radius 3 is 2.48 bits per heavy atom. The van der Waals surface area contributed by atoms with Gasteiger partial charge in [-0.2, -0.15) is 0 Å². The summed E-state index contributed by atoms with van der Waals surface area (Å²) in [7, 11) is -0.969. The Balaban J connectivity index is 0.00000420. The van der Waals surface area contributed by atoms with Gasteiger partial charge in [-0.15, -0.1) is 24.0 Å². The number of aliphatic imine (C=N–C) groups is 1. The lowest BCUT2D eigenvalue weighted by Crippen LogP contribution is -2.43. The van der Waals surface area contributed by atoms with Crippen LogP contribution in [0.4, 0.5) is 0 Å². The monoisotopic (exact) mass is 536 g/mol. The Hall–Kier alpha value is -0.870. The maximum atomic E-state index is 11.8. The predicted molar refractivity (Wildman–Crippen MR) is 132 cm³/mol. The standard InChI is InChI=1S/C21H36N4O2S.HI/c1-5-22-21(23-13-14-25(3)19-9-7-6-8-10-19)24-16-18-11-12-20(17(2)15-18)28(4,26)27;/h11-12,15,19H,5-10,13-14,16H2,1-4H3,(H2,22,23,24);1H. The van der Waals surface area contributed by atoms with Crippen molar-refractivity contribution in [3.63, 3.8) is 0 Å². The number of halogens is 1. The van der Waals surface area contributed by atoms with E-state index in [1.165, 1.54) is 38.4 Å². The summed E-state index contributed by atoms with van der Waals surface area (Å²) >= 11 is 0. The number of hydrogen-bond acceptors (Lipinski definition) is 4. The minimum absolute atomic E-state index is 0. The van der Waals surface area contributed by atoms with Gasteiger partial charge < -0.3 is 15.5 Å². The molecule has 0 atom stereocenters. The summed E-state index contributed by atoms with van der Waals surface area (Å²) in [6.07, 6.45) is 7.95. The van der Waals surface area contributed by atoms with Crippen molar-refractivity contribution in [2.24, 2.45) is 4.99 Å². The van der Waals surface area contributed by atoms with E-state index in [-0.39, 0.29) is 24.0 Å². The third-order valence-corrected chi connectivity index (χ3v) is 6.61. The molecule has 1 aliphatic carbocycles. The van der Waals surface area contributed by atoms with E-state index in [0.717, 1.165) is 36.7 Å².